The molecule has 5 heterocycles. The zero-order valence-corrected chi connectivity index (χ0v) is 22.2. The Hall–Kier alpha value is -4.61. The van der Waals surface area contributed by atoms with Crippen molar-refractivity contribution in [1.82, 2.24) is 24.6 Å². The summed E-state index contributed by atoms with van der Waals surface area (Å²) in [6, 6.07) is 11.5. The summed E-state index contributed by atoms with van der Waals surface area (Å²) in [5.74, 6) is -2.34. The Morgan fingerprint density at radius 2 is 1.95 bits per heavy atom. The highest BCUT2D eigenvalue weighted by Crippen LogP contribution is 2.32. The maximum absolute atomic E-state index is 14.0. The molecule has 1 fully saturated rings. The number of pyridine rings is 1. The Morgan fingerprint density at radius 1 is 1.15 bits per heavy atom. The number of ketones is 1. The number of hydrogen-bond donors (Lipinski definition) is 2. The zero-order valence-electron chi connectivity index (χ0n) is 22.2. The van der Waals surface area contributed by atoms with Crippen LogP contribution in [0.1, 0.15) is 32.7 Å². The predicted molar refractivity (Wildman–Crippen MR) is 147 cm³/mol. The van der Waals surface area contributed by atoms with E-state index in [4.69, 9.17) is 15.2 Å². The minimum atomic E-state index is -0.837. The normalized spacial score (nSPS) is 15.6. The van der Waals surface area contributed by atoms with Crippen molar-refractivity contribution in [3.63, 3.8) is 0 Å². The summed E-state index contributed by atoms with van der Waals surface area (Å²) in [4.78, 5) is 23.4. The highest BCUT2D eigenvalue weighted by Gasteiger charge is 2.30. The van der Waals surface area contributed by atoms with Crippen LogP contribution in [0.3, 0.4) is 0 Å². The molecule has 0 unspecified atom stereocenters. The fourth-order valence-corrected chi connectivity index (χ4v) is 5.53. The van der Waals surface area contributed by atoms with Crippen molar-refractivity contribution < 1.29 is 23.0 Å². The topological polar surface area (TPSA) is 111 Å². The molecule has 208 valence electrons. The van der Waals surface area contributed by atoms with Gasteiger partial charge in [0.25, 0.3) is 0 Å². The van der Waals surface area contributed by atoms with E-state index in [0.717, 1.165) is 55.8 Å². The number of nitrogens with zero attached hydrogens (tertiary/aromatic N) is 4. The van der Waals surface area contributed by atoms with Crippen LogP contribution in [0.25, 0.3) is 16.6 Å². The number of aryl methyl sites for hydroxylation is 1. The summed E-state index contributed by atoms with van der Waals surface area (Å²) in [5.41, 5.74) is 11.6. The molecule has 0 spiro atoms. The lowest BCUT2D eigenvalue weighted by Crippen LogP contribution is -2.50. The molecular formula is C30H26F2N6O3. The van der Waals surface area contributed by atoms with Gasteiger partial charge < -0.3 is 20.2 Å². The highest BCUT2D eigenvalue weighted by molar-refractivity contribution is 6.12. The molecule has 0 bridgehead atoms. The number of carbonyl (C=O) groups is 1. The molecule has 2 aliphatic rings. The van der Waals surface area contributed by atoms with Crippen LogP contribution in [0.2, 0.25) is 0 Å². The van der Waals surface area contributed by atoms with Crippen LogP contribution >= 0.6 is 0 Å². The van der Waals surface area contributed by atoms with Crippen molar-refractivity contribution in [1.29, 1.82) is 0 Å². The van der Waals surface area contributed by atoms with Crippen molar-refractivity contribution in [2.75, 3.05) is 25.5 Å². The second kappa shape index (κ2) is 9.79. The van der Waals surface area contributed by atoms with Crippen molar-refractivity contribution in [2.24, 2.45) is 0 Å². The third-order valence-corrected chi connectivity index (χ3v) is 7.88. The van der Waals surface area contributed by atoms with Gasteiger partial charge in [-0.3, -0.25) is 9.69 Å². The number of nitrogens with two attached hydrogens (primary N) is 1. The summed E-state index contributed by atoms with van der Waals surface area (Å²) in [6.45, 7) is 5.16. The van der Waals surface area contributed by atoms with Gasteiger partial charge in [-0.05, 0) is 54.3 Å². The van der Waals surface area contributed by atoms with Crippen LogP contribution in [0.15, 0.2) is 54.9 Å². The number of halogens is 2. The van der Waals surface area contributed by atoms with Gasteiger partial charge in [0.1, 0.15) is 5.82 Å². The van der Waals surface area contributed by atoms with Crippen molar-refractivity contribution in [3.8, 4) is 17.3 Å². The Morgan fingerprint density at radius 3 is 2.68 bits per heavy atom. The van der Waals surface area contributed by atoms with Gasteiger partial charge in [0.05, 0.1) is 48.6 Å². The number of benzene rings is 2. The molecule has 5 aromatic rings. The van der Waals surface area contributed by atoms with E-state index in [1.54, 1.807) is 6.92 Å². The second-order valence-electron chi connectivity index (χ2n) is 10.4. The van der Waals surface area contributed by atoms with Gasteiger partial charge >= 0.3 is 0 Å². The van der Waals surface area contributed by atoms with Crippen LogP contribution in [0.5, 0.6) is 11.6 Å². The number of hydrogen-bond acceptors (Lipinski definition) is 7. The quantitative estimate of drug-likeness (QED) is 0.292. The number of ether oxygens (including phenoxy) is 2. The number of H-pyrrole nitrogens is 1. The maximum Gasteiger partial charge on any atom is 0.219 e. The number of fused-ring (bicyclic) bond motifs is 3. The third kappa shape index (κ3) is 4.34. The number of nitrogens with one attached hydrogen (secondary N) is 1. The lowest BCUT2D eigenvalue weighted by atomic mass is 9.94. The number of rotatable bonds is 6. The molecule has 0 radical (unpaired) electrons. The summed E-state index contributed by atoms with van der Waals surface area (Å²) in [7, 11) is 0. The first kappa shape index (κ1) is 25.4. The smallest absolute Gasteiger partial charge is 0.219 e. The Bertz CT molecular complexity index is 1810. The largest absolute Gasteiger partial charge is 0.433 e. The third-order valence-electron chi connectivity index (χ3n) is 7.88. The lowest BCUT2D eigenvalue weighted by molar-refractivity contribution is -0.0694. The zero-order chi connectivity index (χ0) is 28.2. The SMILES string of the molecule is Cc1cc(Oc2c(F)cccc2F)ncc1-n1ncc(C(=O)c2cc3c4c(ccc3[nH]2)CN(C2COC2)CC4)c1N. The van der Waals surface area contributed by atoms with E-state index in [1.165, 1.54) is 40.3 Å². The van der Waals surface area contributed by atoms with Gasteiger partial charge in [-0.1, -0.05) is 12.1 Å². The minimum absolute atomic E-state index is 0.00262. The predicted octanol–water partition coefficient (Wildman–Crippen LogP) is 4.70. The number of para-hydroxylation sites is 1. The minimum Gasteiger partial charge on any atom is -0.433 e. The summed E-state index contributed by atoms with van der Waals surface area (Å²) in [6.07, 6.45) is 3.76. The van der Waals surface area contributed by atoms with Crippen molar-refractivity contribution in [3.05, 3.63) is 94.4 Å². The highest BCUT2D eigenvalue weighted by atomic mass is 19.1. The molecule has 9 nitrogen and oxygen atoms in total. The molecular weight excluding hydrogens is 530 g/mol. The average Bonchev–Trinajstić information content (AvgIpc) is 3.53. The van der Waals surface area contributed by atoms with Crippen LogP contribution < -0.4 is 10.5 Å². The number of carbonyl (C=O) groups excluding carboxylic acids is 1. The fourth-order valence-electron chi connectivity index (χ4n) is 5.53. The number of nitrogen functional groups attached to an aromatic ring is 1. The van der Waals surface area contributed by atoms with Gasteiger partial charge in [0.2, 0.25) is 17.4 Å². The molecule has 11 heteroatoms. The van der Waals surface area contributed by atoms with E-state index in [9.17, 15) is 13.6 Å². The molecule has 41 heavy (non-hydrogen) atoms. The fraction of sp³-hybridized carbons (Fsp3) is 0.233. The molecule has 2 aliphatic heterocycles. The molecule has 2 aromatic carbocycles. The number of anilines is 1. The molecule has 3 aromatic heterocycles. The monoisotopic (exact) mass is 556 g/mol. The first-order chi connectivity index (χ1) is 19.9. The number of aromatic nitrogens is 4. The molecule has 1 saturated heterocycles. The molecule has 0 saturated carbocycles. The van der Waals surface area contributed by atoms with Gasteiger partial charge in [0, 0.05) is 30.1 Å². The van der Waals surface area contributed by atoms with Crippen LogP contribution in [-0.4, -0.2) is 56.2 Å². The van der Waals surface area contributed by atoms with E-state index in [2.05, 4.69) is 26.0 Å². The molecule has 0 amide bonds. The Labute approximate surface area is 233 Å². The van der Waals surface area contributed by atoms with Gasteiger partial charge in [-0.25, -0.2) is 18.4 Å². The summed E-state index contributed by atoms with van der Waals surface area (Å²) >= 11 is 0. The van der Waals surface area contributed by atoms with Gasteiger partial charge in [0.15, 0.2) is 11.6 Å². The van der Waals surface area contributed by atoms with Crippen LogP contribution in [0, 0.1) is 18.6 Å². The Balaban J connectivity index is 1.15. The number of aromatic amines is 1. The van der Waals surface area contributed by atoms with Gasteiger partial charge in [-0.2, -0.15) is 5.10 Å². The Kier molecular flexibility index (Phi) is 6.06. The van der Waals surface area contributed by atoms with E-state index < -0.39 is 17.4 Å². The van der Waals surface area contributed by atoms with E-state index >= 15 is 0 Å². The molecule has 3 N–H and O–H groups in total. The van der Waals surface area contributed by atoms with E-state index in [-0.39, 0.29) is 23.0 Å². The molecule has 0 aliphatic carbocycles. The molecule has 7 rings (SSSR count). The van der Waals surface area contributed by atoms with Crippen LogP contribution in [0.4, 0.5) is 14.6 Å². The summed E-state index contributed by atoms with van der Waals surface area (Å²) in [5, 5.41) is 5.38. The molecule has 0 atom stereocenters. The second-order valence-corrected chi connectivity index (χ2v) is 10.4. The summed E-state index contributed by atoms with van der Waals surface area (Å²) < 4.78 is 40.1. The van der Waals surface area contributed by atoms with Gasteiger partial charge in [-0.15, -0.1) is 0 Å². The van der Waals surface area contributed by atoms with Crippen molar-refractivity contribution in [2.45, 2.75) is 25.9 Å². The van der Waals surface area contributed by atoms with Crippen LogP contribution in [-0.2, 0) is 17.7 Å². The standard InChI is InChI=1S/C30H26F2N6O3/c1-16-9-27(41-29-22(31)3-2-4-23(29)32)34-12-26(16)38-30(33)21(11-35-38)28(39)25-10-20-19-7-8-37(18-14-40-15-18)13-17(19)5-6-24(20)36-25/h2-6,9-12,18,36H,7-8,13-15,33H2,1H3. The lowest BCUT2D eigenvalue weighted by Gasteiger charge is -2.40. The average molecular weight is 557 g/mol. The van der Waals surface area contributed by atoms with E-state index in [1.807, 2.05) is 12.1 Å². The first-order valence-electron chi connectivity index (χ1n) is 13.3. The van der Waals surface area contributed by atoms with E-state index in [0.29, 0.717) is 23.0 Å². The maximum atomic E-state index is 14.0. The van der Waals surface area contributed by atoms with Crippen molar-refractivity contribution >= 4 is 22.5 Å². The first-order valence-corrected chi connectivity index (χ1v) is 13.3.